The van der Waals surface area contributed by atoms with Crippen LogP contribution in [0.4, 0.5) is 0 Å². The zero-order valence-electron chi connectivity index (χ0n) is 11.5. The van der Waals surface area contributed by atoms with E-state index in [1.807, 2.05) is 7.05 Å². The Bertz CT molecular complexity index is 379. The Kier molecular flexibility index (Phi) is 3.88. The molecule has 1 N–H and O–H groups in total. The van der Waals surface area contributed by atoms with Crippen LogP contribution in [0.1, 0.15) is 43.4 Å². The Labute approximate surface area is 106 Å². The van der Waals surface area contributed by atoms with Gasteiger partial charge in [0.2, 0.25) is 0 Å². The molecular formula is C16H25N. The molecule has 1 aliphatic rings. The summed E-state index contributed by atoms with van der Waals surface area (Å²) in [6.45, 7) is 5.75. The maximum atomic E-state index is 3.29. The average Bonchev–Trinajstić information content (AvgIpc) is 2.28. The van der Waals surface area contributed by atoms with Crippen LogP contribution in [-0.4, -0.2) is 13.6 Å². The van der Waals surface area contributed by atoms with Gasteiger partial charge in [0.25, 0.3) is 0 Å². The van der Waals surface area contributed by atoms with Crippen molar-refractivity contribution in [1.82, 2.24) is 5.32 Å². The fraction of sp³-hybridized carbons (Fsp3) is 0.625. The minimum absolute atomic E-state index is 0.345. The van der Waals surface area contributed by atoms with Crippen molar-refractivity contribution in [2.45, 2.75) is 46.0 Å². The molecule has 94 valence electrons. The molecule has 0 atom stereocenters. The quantitative estimate of drug-likeness (QED) is 0.838. The monoisotopic (exact) mass is 231 g/mol. The van der Waals surface area contributed by atoms with Crippen molar-refractivity contribution < 1.29 is 0 Å². The van der Waals surface area contributed by atoms with Gasteiger partial charge in [-0.15, -0.1) is 0 Å². The summed E-state index contributed by atoms with van der Waals surface area (Å²) in [5.74, 6) is 0. The number of aryl methyl sites for hydroxylation is 2. The Morgan fingerprint density at radius 1 is 1.12 bits per heavy atom. The predicted octanol–water partition coefficient (Wildman–Crippen LogP) is 3.35. The van der Waals surface area contributed by atoms with E-state index in [1.54, 1.807) is 11.1 Å². The van der Waals surface area contributed by atoms with Crippen molar-refractivity contribution in [3.8, 4) is 0 Å². The van der Waals surface area contributed by atoms with Crippen molar-refractivity contribution in [2.75, 3.05) is 13.6 Å². The molecular weight excluding hydrogens is 206 g/mol. The Balaban J connectivity index is 2.11. The fourth-order valence-electron chi connectivity index (χ4n) is 2.99. The van der Waals surface area contributed by atoms with Crippen LogP contribution in [0.3, 0.4) is 0 Å². The number of fused-ring (bicyclic) bond motifs is 1. The molecule has 0 saturated heterocycles. The first-order valence-corrected chi connectivity index (χ1v) is 6.86. The Morgan fingerprint density at radius 2 is 1.82 bits per heavy atom. The van der Waals surface area contributed by atoms with E-state index in [0.29, 0.717) is 5.41 Å². The van der Waals surface area contributed by atoms with E-state index in [-0.39, 0.29) is 0 Å². The van der Waals surface area contributed by atoms with Gasteiger partial charge in [-0.1, -0.05) is 32.0 Å². The van der Waals surface area contributed by atoms with E-state index in [1.165, 1.54) is 37.7 Å². The van der Waals surface area contributed by atoms with Gasteiger partial charge < -0.3 is 5.32 Å². The van der Waals surface area contributed by atoms with Crippen LogP contribution in [0.5, 0.6) is 0 Å². The highest BCUT2D eigenvalue weighted by Gasteiger charge is 2.18. The second-order valence-corrected chi connectivity index (χ2v) is 6.18. The summed E-state index contributed by atoms with van der Waals surface area (Å²) in [7, 11) is 2.04. The van der Waals surface area contributed by atoms with Gasteiger partial charge in [-0.25, -0.2) is 0 Å². The maximum Gasteiger partial charge on any atom is 0.000270 e. The minimum Gasteiger partial charge on any atom is -0.319 e. The standard InChI is InChI=1S/C16H25N/c1-16(2,12-17-3)11-13-8-9-14-6-4-5-7-15(14)10-13/h8-10,17H,4-7,11-12H2,1-3H3. The number of hydrogen-bond acceptors (Lipinski definition) is 1. The second-order valence-electron chi connectivity index (χ2n) is 6.18. The zero-order valence-corrected chi connectivity index (χ0v) is 11.5. The first-order valence-electron chi connectivity index (χ1n) is 6.86. The highest BCUT2D eigenvalue weighted by Crippen LogP contribution is 2.26. The highest BCUT2D eigenvalue weighted by atomic mass is 14.8. The number of benzene rings is 1. The van der Waals surface area contributed by atoms with Crippen molar-refractivity contribution in [3.63, 3.8) is 0 Å². The molecule has 0 unspecified atom stereocenters. The third-order valence-electron chi connectivity index (χ3n) is 3.75. The van der Waals surface area contributed by atoms with E-state index < -0.39 is 0 Å². The normalized spacial score (nSPS) is 15.7. The molecule has 0 aromatic heterocycles. The smallest absolute Gasteiger partial charge is 0.000270 e. The van der Waals surface area contributed by atoms with Gasteiger partial charge in [-0.05, 0) is 61.3 Å². The number of hydrogen-bond donors (Lipinski definition) is 1. The molecule has 1 nitrogen and oxygen atoms in total. The molecule has 0 bridgehead atoms. The topological polar surface area (TPSA) is 12.0 Å². The summed E-state index contributed by atoms with van der Waals surface area (Å²) in [6.07, 6.45) is 6.49. The SMILES string of the molecule is CNCC(C)(C)Cc1ccc2c(c1)CCCC2. The maximum absolute atomic E-state index is 3.29. The third kappa shape index (κ3) is 3.32. The van der Waals surface area contributed by atoms with Crippen molar-refractivity contribution in [3.05, 3.63) is 34.9 Å². The van der Waals surface area contributed by atoms with Crippen molar-refractivity contribution >= 4 is 0 Å². The van der Waals surface area contributed by atoms with E-state index >= 15 is 0 Å². The van der Waals surface area contributed by atoms with Crippen LogP contribution < -0.4 is 5.32 Å². The molecule has 0 heterocycles. The summed E-state index contributed by atoms with van der Waals surface area (Å²) in [4.78, 5) is 0. The molecule has 1 heteroatoms. The van der Waals surface area contributed by atoms with Gasteiger partial charge in [0.15, 0.2) is 0 Å². The lowest BCUT2D eigenvalue weighted by atomic mass is 9.83. The van der Waals surface area contributed by atoms with Crippen LogP contribution >= 0.6 is 0 Å². The molecule has 17 heavy (non-hydrogen) atoms. The van der Waals surface area contributed by atoms with Crippen molar-refractivity contribution in [2.24, 2.45) is 5.41 Å². The molecule has 1 aromatic rings. The summed E-state index contributed by atoms with van der Waals surface area (Å²) in [5.41, 5.74) is 5.05. The Hall–Kier alpha value is -0.820. The molecule has 0 amide bonds. The zero-order chi connectivity index (χ0) is 12.3. The van der Waals surface area contributed by atoms with E-state index in [9.17, 15) is 0 Å². The summed E-state index contributed by atoms with van der Waals surface area (Å²) >= 11 is 0. The molecule has 1 aliphatic carbocycles. The first-order chi connectivity index (χ1) is 8.11. The molecule has 0 fully saturated rings. The summed E-state index contributed by atoms with van der Waals surface area (Å²) < 4.78 is 0. The van der Waals surface area contributed by atoms with Crippen LogP contribution in [0, 0.1) is 5.41 Å². The van der Waals surface area contributed by atoms with Gasteiger partial charge in [0.1, 0.15) is 0 Å². The van der Waals surface area contributed by atoms with Gasteiger partial charge in [-0.2, -0.15) is 0 Å². The largest absolute Gasteiger partial charge is 0.319 e. The lowest BCUT2D eigenvalue weighted by Crippen LogP contribution is -2.28. The van der Waals surface area contributed by atoms with Crippen LogP contribution in [0.25, 0.3) is 0 Å². The van der Waals surface area contributed by atoms with Gasteiger partial charge in [-0.3, -0.25) is 0 Å². The molecule has 2 rings (SSSR count). The van der Waals surface area contributed by atoms with Crippen LogP contribution in [-0.2, 0) is 19.3 Å². The molecule has 0 saturated carbocycles. The Morgan fingerprint density at radius 3 is 2.53 bits per heavy atom. The van der Waals surface area contributed by atoms with Crippen molar-refractivity contribution in [1.29, 1.82) is 0 Å². The van der Waals surface area contributed by atoms with Gasteiger partial charge in [0.05, 0.1) is 0 Å². The average molecular weight is 231 g/mol. The lowest BCUT2D eigenvalue weighted by molar-refractivity contribution is 0.350. The van der Waals surface area contributed by atoms with Gasteiger partial charge >= 0.3 is 0 Å². The first kappa shape index (κ1) is 12.6. The highest BCUT2D eigenvalue weighted by molar-refractivity contribution is 5.34. The van der Waals surface area contributed by atoms with Crippen LogP contribution in [0.2, 0.25) is 0 Å². The molecule has 0 spiro atoms. The third-order valence-corrected chi connectivity index (χ3v) is 3.75. The molecule has 0 aliphatic heterocycles. The van der Waals surface area contributed by atoms with E-state index in [4.69, 9.17) is 0 Å². The van der Waals surface area contributed by atoms with Crippen LogP contribution in [0.15, 0.2) is 18.2 Å². The fourth-order valence-corrected chi connectivity index (χ4v) is 2.99. The predicted molar refractivity (Wildman–Crippen MR) is 74.5 cm³/mol. The summed E-state index contributed by atoms with van der Waals surface area (Å²) in [5, 5.41) is 3.29. The number of rotatable bonds is 4. The molecule has 1 aromatic carbocycles. The second kappa shape index (κ2) is 5.22. The number of nitrogens with one attached hydrogen (secondary N) is 1. The van der Waals surface area contributed by atoms with Gasteiger partial charge in [0, 0.05) is 6.54 Å². The molecule has 0 radical (unpaired) electrons. The lowest BCUT2D eigenvalue weighted by Gasteiger charge is -2.25. The minimum atomic E-state index is 0.345. The van der Waals surface area contributed by atoms with E-state index in [2.05, 4.69) is 37.4 Å². The van der Waals surface area contributed by atoms with E-state index in [0.717, 1.165) is 6.54 Å². The summed E-state index contributed by atoms with van der Waals surface area (Å²) in [6, 6.07) is 7.15.